The van der Waals surface area contributed by atoms with Gasteiger partial charge in [0.2, 0.25) is 17.7 Å². The molecule has 0 saturated carbocycles. The van der Waals surface area contributed by atoms with Crippen LogP contribution in [0.2, 0.25) is 0 Å². The third kappa shape index (κ3) is 13.3. The summed E-state index contributed by atoms with van der Waals surface area (Å²) in [6.45, 7) is 15.2. The lowest BCUT2D eigenvalue weighted by Crippen LogP contribution is -2.62. The Hall–Kier alpha value is -4.05. The van der Waals surface area contributed by atoms with Crippen molar-refractivity contribution in [2.45, 2.75) is 111 Å². The zero-order valence-corrected chi connectivity index (χ0v) is 46.8. The molecule has 2 aromatic heterocycles. The first-order valence-corrected chi connectivity index (χ1v) is 22.9. The minimum Gasteiger partial charge on any atom is -0.508 e. The van der Waals surface area contributed by atoms with Gasteiger partial charge in [-0.1, -0.05) is 39.8 Å². The average molecular weight is 1060 g/mol. The van der Waals surface area contributed by atoms with Crippen molar-refractivity contribution in [1.29, 1.82) is 0 Å². The van der Waals surface area contributed by atoms with E-state index < -0.39 is 47.2 Å². The molecule has 15 nitrogen and oxygen atoms in total. The van der Waals surface area contributed by atoms with E-state index in [4.69, 9.17) is 14.5 Å². The van der Waals surface area contributed by atoms with Gasteiger partial charge < -0.3 is 34.3 Å². The van der Waals surface area contributed by atoms with Crippen molar-refractivity contribution < 1.29 is 38.6 Å². The van der Waals surface area contributed by atoms with Crippen molar-refractivity contribution in [3.05, 3.63) is 71.5 Å². The van der Waals surface area contributed by atoms with Crippen molar-refractivity contribution in [3.63, 3.8) is 0 Å². The van der Waals surface area contributed by atoms with E-state index in [2.05, 4.69) is 54.3 Å². The summed E-state index contributed by atoms with van der Waals surface area (Å²) in [4.78, 5) is 76.8. The summed E-state index contributed by atoms with van der Waals surface area (Å²) in [5.74, 6) is -2.60. The van der Waals surface area contributed by atoms with Gasteiger partial charge in [0, 0.05) is 81.8 Å². The van der Waals surface area contributed by atoms with E-state index >= 15 is 0 Å². The highest BCUT2D eigenvalue weighted by atomic mass is 32.1. The number of aryl methyl sites for hydroxylation is 1. The summed E-state index contributed by atoms with van der Waals surface area (Å²) in [5.41, 5.74) is 9.56. The van der Waals surface area contributed by atoms with Gasteiger partial charge in [0.15, 0.2) is 0 Å². The fourth-order valence-corrected chi connectivity index (χ4v) is 9.92. The van der Waals surface area contributed by atoms with Crippen molar-refractivity contribution in [1.82, 2.24) is 35.1 Å². The number of hydrogen-bond donors (Lipinski definition) is 3. The number of carbonyl (C=O) groups is 5. The maximum absolute atomic E-state index is 14.7. The largest absolute Gasteiger partial charge is 0.508 e. The molecule has 2 saturated heterocycles. The zero-order chi connectivity index (χ0) is 46.9. The smallest absolute Gasteiger partial charge is 0.324 e. The molecule has 3 N–H and O–H groups in total. The molecule has 4 aromatic rings. The number of nitrogens with one attached hydrogen (secondary N) is 2. The highest BCUT2D eigenvalue weighted by molar-refractivity contribution is 7.60. The monoisotopic (exact) mass is 1060 g/mol. The molecule has 2 aromatic carbocycles. The number of benzene rings is 2. The Morgan fingerprint density at radius 1 is 1.00 bits per heavy atom. The Morgan fingerprint density at radius 3 is 2.36 bits per heavy atom. The van der Waals surface area contributed by atoms with Gasteiger partial charge in [-0.3, -0.25) is 34.0 Å². The van der Waals surface area contributed by atoms with Gasteiger partial charge >= 0.3 is 5.97 Å². The fourth-order valence-electron chi connectivity index (χ4n) is 9.92. The van der Waals surface area contributed by atoms with Gasteiger partial charge in [-0.25, -0.2) is 5.43 Å². The first-order valence-electron chi connectivity index (χ1n) is 22.9. The average Bonchev–Trinajstić information content (AvgIpc) is 3.90. The topological polar surface area (TPSA) is 176 Å². The lowest BCUT2D eigenvalue weighted by molar-refractivity contribution is -0.155. The van der Waals surface area contributed by atoms with Crippen LogP contribution in [-0.2, 0) is 52.8 Å². The molecule has 0 unspecified atom stereocenters. The van der Waals surface area contributed by atoms with Gasteiger partial charge in [-0.15, -0.1) is 0 Å². The number of carbonyl (C=O) groups excluding carboxylic acids is 5. The number of likely N-dealkylation sites (N-methyl/N-ethyl adjacent to an activating group) is 1. The number of esters is 1. The van der Waals surface area contributed by atoms with Crippen LogP contribution in [0.25, 0.3) is 33.3 Å². The van der Waals surface area contributed by atoms with Gasteiger partial charge in [0.05, 0.1) is 30.0 Å². The van der Waals surface area contributed by atoms with Crippen LogP contribution in [0.1, 0.15) is 90.7 Å². The maximum Gasteiger partial charge on any atom is 0.324 e. The first kappa shape index (κ1) is 62.1. The molecule has 0 radical (unpaired) electrons. The Kier molecular flexibility index (Phi) is 23.1. The second-order valence-electron chi connectivity index (χ2n) is 19.1. The molecular weight excluding hydrogens is 987 g/mol. The highest BCUT2D eigenvalue weighted by Gasteiger charge is 2.40. The van der Waals surface area contributed by atoms with Crippen molar-refractivity contribution >= 4 is 108 Å². The first-order chi connectivity index (χ1) is 30.9. The quantitative estimate of drug-likeness (QED) is 0.160. The van der Waals surface area contributed by atoms with Gasteiger partial charge in [-0.2, -0.15) is 67.5 Å². The summed E-state index contributed by atoms with van der Waals surface area (Å²) in [6, 6.07) is 12.6. The number of aromatic nitrogens is 2. The molecule has 4 amide bonds. The number of cyclic esters (lactones) is 1. The molecule has 0 spiro atoms. The van der Waals surface area contributed by atoms with Crippen LogP contribution in [0.15, 0.2) is 54.7 Å². The number of methoxy groups -OCH3 is 1. The van der Waals surface area contributed by atoms with Crippen LogP contribution in [-0.4, -0.2) is 118 Å². The minimum absolute atomic E-state index is 0. The SMILES string of the molecule is CCn1c(-c2cccnc2[C@H](C)OC)c2c3cc(ccc31)-c1cc(O)cc(c1)C[C@H](NC(=O)[C@H](C(C)C)N(C)C(=O)[C@H]1CCN(C(C)=O)C1)C(=O)N1CCC[C@H](N1)C(=O)OCC(C)(C)C2.S.S.S.S.S. The number of phenols is 1. The van der Waals surface area contributed by atoms with Crippen LogP contribution in [0.3, 0.4) is 0 Å². The lowest BCUT2D eigenvalue weighted by Gasteiger charge is -2.37. The van der Waals surface area contributed by atoms with Gasteiger partial charge in [-0.05, 0) is 104 Å². The van der Waals surface area contributed by atoms with Crippen LogP contribution < -0.4 is 10.7 Å². The molecule has 5 heterocycles. The molecular formula is C50H75N7O8S5. The molecule has 3 aliphatic rings. The van der Waals surface area contributed by atoms with E-state index in [0.717, 1.165) is 44.5 Å². The van der Waals surface area contributed by atoms with Crippen molar-refractivity contribution in [2.24, 2.45) is 17.3 Å². The predicted octanol–water partition coefficient (Wildman–Crippen LogP) is 6.37. The molecule has 388 valence electrons. The summed E-state index contributed by atoms with van der Waals surface area (Å²) < 4.78 is 14.2. The second kappa shape index (κ2) is 26.1. The molecule has 70 heavy (non-hydrogen) atoms. The Morgan fingerprint density at radius 2 is 1.71 bits per heavy atom. The molecule has 2 fully saturated rings. The Bertz CT molecular complexity index is 2490. The number of phenolic OH excluding ortho intramolecular Hbond substituents is 1. The fraction of sp³-hybridized carbons (Fsp3) is 0.520. The normalized spacial score (nSPS) is 19.7. The van der Waals surface area contributed by atoms with Crippen molar-refractivity contribution in [2.75, 3.05) is 40.4 Å². The number of hydrogen-bond acceptors (Lipinski definition) is 10. The number of rotatable bonds is 9. The van der Waals surface area contributed by atoms with Crippen LogP contribution >= 0.6 is 67.5 Å². The summed E-state index contributed by atoms with van der Waals surface area (Å²) in [5, 5.41) is 16.7. The third-order valence-corrected chi connectivity index (χ3v) is 13.3. The molecule has 20 heteroatoms. The number of amides is 4. The minimum atomic E-state index is -1.15. The maximum atomic E-state index is 14.7. The van der Waals surface area contributed by atoms with Crippen LogP contribution in [0.4, 0.5) is 0 Å². The predicted molar refractivity (Wildman–Crippen MR) is 299 cm³/mol. The van der Waals surface area contributed by atoms with Crippen LogP contribution in [0.5, 0.6) is 5.75 Å². The van der Waals surface area contributed by atoms with E-state index in [1.807, 2.05) is 39.0 Å². The number of ether oxygens (including phenoxy) is 2. The zero-order valence-electron chi connectivity index (χ0n) is 41.8. The Labute approximate surface area is 447 Å². The second-order valence-corrected chi connectivity index (χ2v) is 19.1. The van der Waals surface area contributed by atoms with Crippen molar-refractivity contribution in [3.8, 4) is 28.1 Å². The lowest BCUT2D eigenvalue weighted by atomic mass is 9.84. The third-order valence-electron chi connectivity index (χ3n) is 13.3. The molecule has 5 atom stereocenters. The number of fused-ring (bicyclic) bond motifs is 6. The van der Waals surface area contributed by atoms with Gasteiger partial charge in [0.1, 0.15) is 23.9 Å². The summed E-state index contributed by atoms with van der Waals surface area (Å²) in [6.07, 6.45) is 3.49. The molecule has 0 aliphatic carbocycles. The summed E-state index contributed by atoms with van der Waals surface area (Å²) >= 11 is 0. The number of aromatic hydroxyl groups is 1. The standard InChI is InChI=1S/C50H65N7O8.5H2S/c1-10-56-42-16-15-33-25-38(42)39(45(56)37-13-11-18-51-43(37)30(4)64-9)26-50(6,7)28-65-49(63)40-14-12-19-57(53-40)48(62)41(23-32-21-35(33)24-36(59)22-32)52-46(60)44(29(2)3)54(8)47(61)34-17-20-55(27-34)31(5)58;;;;;/h11,13,15-16,18,21-22,24-25,29-30,34,40-41,44,53,59H,10,12,14,17,19-20,23,26-28H2,1-9H3,(H,52,60);5*1H2/t30-,34-,40-,41-,44-;;;;;/m0...../s1. The summed E-state index contributed by atoms with van der Waals surface area (Å²) in [7, 11) is 3.26. The molecule has 6 bridgehead atoms. The van der Waals surface area contributed by atoms with E-state index in [9.17, 15) is 29.1 Å². The van der Waals surface area contributed by atoms with Gasteiger partial charge in [0.25, 0.3) is 5.91 Å². The van der Waals surface area contributed by atoms with E-state index in [1.54, 1.807) is 37.4 Å². The molecule has 7 rings (SSSR count). The highest BCUT2D eigenvalue weighted by Crippen LogP contribution is 2.42. The Balaban J connectivity index is 0.00000336. The number of pyridine rings is 1. The number of nitrogens with zero attached hydrogens (tertiary/aromatic N) is 5. The van der Waals surface area contributed by atoms with E-state index in [-0.39, 0.29) is 123 Å². The molecule has 3 aliphatic heterocycles. The van der Waals surface area contributed by atoms with E-state index in [0.29, 0.717) is 44.3 Å². The number of likely N-dealkylation sites (tertiary alicyclic amines) is 1. The van der Waals surface area contributed by atoms with E-state index in [1.165, 1.54) is 16.8 Å². The number of hydrazine groups is 1. The van der Waals surface area contributed by atoms with Crippen LogP contribution in [0, 0.1) is 17.3 Å².